The Morgan fingerprint density at radius 2 is 2.42 bits per heavy atom. The molecular weight excluding hydrogens is 262 g/mol. The van der Waals surface area contributed by atoms with Gasteiger partial charge in [0.1, 0.15) is 5.82 Å². The number of rotatable bonds is 4. The highest BCUT2D eigenvalue weighted by Gasteiger charge is 2.45. The first kappa shape index (κ1) is 13.2. The standard InChI is InChI=1S/C14H20ClN3O/c1-2-17-13(10-6-9-3-4-12(10)19-9)11-5-8(15)7-18-14(11)16/h5,7,9-10,12-13,17H,2-4,6H2,1H3,(H2,16,18). The zero-order valence-electron chi connectivity index (χ0n) is 11.1. The normalized spacial score (nSPS) is 30.7. The van der Waals surface area contributed by atoms with E-state index in [2.05, 4.69) is 17.2 Å². The van der Waals surface area contributed by atoms with Crippen LogP contribution in [-0.2, 0) is 4.74 Å². The van der Waals surface area contributed by atoms with Crippen LogP contribution in [0.25, 0.3) is 0 Å². The number of hydrogen-bond donors (Lipinski definition) is 2. The molecule has 0 spiro atoms. The molecule has 2 saturated heterocycles. The monoisotopic (exact) mass is 281 g/mol. The molecule has 4 atom stereocenters. The van der Waals surface area contributed by atoms with E-state index in [4.69, 9.17) is 22.1 Å². The number of ether oxygens (including phenoxy) is 1. The Bertz CT molecular complexity index is 468. The highest BCUT2D eigenvalue weighted by molar-refractivity contribution is 6.30. The van der Waals surface area contributed by atoms with E-state index < -0.39 is 0 Å². The molecule has 0 radical (unpaired) electrons. The Hall–Kier alpha value is -0.840. The van der Waals surface area contributed by atoms with Gasteiger partial charge in [-0.05, 0) is 31.9 Å². The van der Waals surface area contributed by atoms with E-state index in [9.17, 15) is 0 Å². The Balaban J connectivity index is 1.90. The lowest BCUT2D eigenvalue weighted by Crippen LogP contribution is -2.34. The van der Waals surface area contributed by atoms with Crippen LogP contribution in [0.15, 0.2) is 12.3 Å². The number of pyridine rings is 1. The molecule has 0 aliphatic carbocycles. The van der Waals surface area contributed by atoms with Crippen LogP contribution in [-0.4, -0.2) is 23.7 Å². The largest absolute Gasteiger partial charge is 0.383 e. The maximum atomic E-state index is 6.07. The predicted molar refractivity (Wildman–Crippen MR) is 76.1 cm³/mol. The summed E-state index contributed by atoms with van der Waals surface area (Å²) in [5, 5.41) is 4.17. The third kappa shape index (κ3) is 2.45. The van der Waals surface area contributed by atoms with Crippen molar-refractivity contribution in [2.24, 2.45) is 5.92 Å². The summed E-state index contributed by atoms with van der Waals surface area (Å²) in [6.45, 7) is 3.00. The molecule has 3 heterocycles. The summed E-state index contributed by atoms with van der Waals surface area (Å²) in [5.41, 5.74) is 7.05. The molecule has 2 bridgehead atoms. The van der Waals surface area contributed by atoms with Crippen molar-refractivity contribution in [1.82, 2.24) is 10.3 Å². The number of aromatic nitrogens is 1. The third-order valence-corrected chi connectivity index (χ3v) is 4.46. The average Bonchev–Trinajstić information content (AvgIpc) is 3.01. The first-order valence-electron chi connectivity index (χ1n) is 6.98. The quantitative estimate of drug-likeness (QED) is 0.890. The van der Waals surface area contributed by atoms with Crippen molar-refractivity contribution >= 4 is 17.4 Å². The van der Waals surface area contributed by atoms with E-state index in [1.165, 1.54) is 6.42 Å². The maximum Gasteiger partial charge on any atom is 0.128 e. The first-order chi connectivity index (χ1) is 9.19. The van der Waals surface area contributed by atoms with Gasteiger partial charge in [0.2, 0.25) is 0 Å². The molecule has 0 amide bonds. The molecule has 2 aliphatic rings. The van der Waals surface area contributed by atoms with Gasteiger partial charge in [0.05, 0.1) is 17.2 Å². The second-order valence-electron chi connectivity index (χ2n) is 5.44. The number of fused-ring (bicyclic) bond motifs is 2. The minimum atomic E-state index is 0.187. The summed E-state index contributed by atoms with van der Waals surface area (Å²) in [6.07, 6.45) is 5.85. The second kappa shape index (κ2) is 5.27. The second-order valence-corrected chi connectivity index (χ2v) is 5.87. The molecule has 19 heavy (non-hydrogen) atoms. The van der Waals surface area contributed by atoms with Crippen LogP contribution in [0.4, 0.5) is 5.82 Å². The van der Waals surface area contributed by atoms with Crippen LogP contribution in [0.3, 0.4) is 0 Å². The van der Waals surface area contributed by atoms with Crippen LogP contribution in [0.5, 0.6) is 0 Å². The van der Waals surface area contributed by atoms with Gasteiger partial charge in [-0.1, -0.05) is 18.5 Å². The molecule has 2 fully saturated rings. The van der Waals surface area contributed by atoms with Gasteiger partial charge >= 0.3 is 0 Å². The van der Waals surface area contributed by atoms with Crippen molar-refractivity contribution < 1.29 is 4.74 Å². The van der Waals surface area contributed by atoms with Gasteiger partial charge < -0.3 is 15.8 Å². The first-order valence-corrected chi connectivity index (χ1v) is 7.36. The minimum absolute atomic E-state index is 0.187. The molecule has 1 aromatic heterocycles. The van der Waals surface area contributed by atoms with Crippen molar-refractivity contribution in [1.29, 1.82) is 0 Å². The van der Waals surface area contributed by atoms with E-state index in [1.807, 2.05) is 6.07 Å². The molecule has 0 aromatic carbocycles. The summed E-state index contributed by atoms with van der Waals surface area (Å²) in [7, 11) is 0. The predicted octanol–water partition coefficient (Wildman–Crippen LogP) is 2.54. The van der Waals surface area contributed by atoms with Gasteiger partial charge in [-0.3, -0.25) is 0 Å². The molecule has 4 unspecified atom stereocenters. The van der Waals surface area contributed by atoms with Crippen molar-refractivity contribution in [3.05, 3.63) is 22.8 Å². The molecule has 2 aliphatic heterocycles. The molecule has 5 heteroatoms. The molecular formula is C14H20ClN3O. The van der Waals surface area contributed by atoms with Gasteiger partial charge in [0, 0.05) is 23.7 Å². The highest BCUT2D eigenvalue weighted by atomic mass is 35.5. The number of anilines is 1. The fraction of sp³-hybridized carbons (Fsp3) is 0.643. The van der Waals surface area contributed by atoms with Crippen LogP contribution in [0.1, 0.15) is 37.8 Å². The zero-order valence-corrected chi connectivity index (χ0v) is 11.9. The molecule has 1 aromatic rings. The molecule has 3 rings (SSSR count). The van der Waals surface area contributed by atoms with E-state index in [0.717, 1.165) is 24.9 Å². The zero-order chi connectivity index (χ0) is 13.4. The van der Waals surface area contributed by atoms with Crippen LogP contribution < -0.4 is 11.1 Å². The van der Waals surface area contributed by atoms with Crippen molar-refractivity contribution in [2.75, 3.05) is 12.3 Å². The number of halogens is 1. The van der Waals surface area contributed by atoms with E-state index in [0.29, 0.717) is 29.0 Å². The van der Waals surface area contributed by atoms with Crippen LogP contribution in [0.2, 0.25) is 5.02 Å². The highest BCUT2D eigenvalue weighted by Crippen LogP contribution is 2.45. The number of hydrogen-bond acceptors (Lipinski definition) is 4. The van der Waals surface area contributed by atoms with E-state index >= 15 is 0 Å². The molecule has 0 saturated carbocycles. The van der Waals surface area contributed by atoms with Gasteiger partial charge in [-0.15, -0.1) is 0 Å². The lowest BCUT2D eigenvalue weighted by atomic mass is 9.81. The van der Waals surface area contributed by atoms with E-state index in [-0.39, 0.29) is 6.04 Å². The SMILES string of the molecule is CCNC(c1cc(Cl)cnc1N)C1CC2CCC1O2. The van der Waals surface area contributed by atoms with E-state index in [1.54, 1.807) is 6.20 Å². The molecule has 4 nitrogen and oxygen atoms in total. The van der Waals surface area contributed by atoms with Crippen molar-refractivity contribution in [3.63, 3.8) is 0 Å². The Labute approximate surface area is 118 Å². The number of nitrogens with zero attached hydrogens (tertiary/aromatic N) is 1. The number of nitrogen functional groups attached to an aromatic ring is 1. The smallest absolute Gasteiger partial charge is 0.128 e. The summed E-state index contributed by atoms with van der Waals surface area (Å²) >= 11 is 6.07. The summed E-state index contributed by atoms with van der Waals surface area (Å²) in [6, 6.07) is 2.12. The van der Waals surface area contributed by atoms with Gasteiger partial charge in [0.25, 0.3) is 0 Å². The van der Waals surface area contributed by atoms with Crippen LogP contribution >= 0.6 is 11.6 Å². The summed E-state index contributed by atoms with van der Waals surface area (Å²) in [5.74, 6) is 1.04. The fourth-order valence-electron chi connectivity index (χ4n) is 3.45. The summed E-state index contributed by atoms with van der Waals surface area (Å²) < 4.78 is 5.97. The van der Waals surface area contributed by atoms with Crippen molar-refractivity contribution in [3.8, 4) is 0 Å². The Morgan fingerprint density at radius 1 is 1.58 bits per heavy atom. The molecule has 104 valence electrons. The van der Waals surface area contributed by atoms with Crippen LogP contribution in [0, 0.1) is 5.92 Å². The molecule has 3 N–H and O–H groups in total. The Kier molecular flexibility index (Phi) is 3.65. The van der Waals surface area contributed by atoms with Gasteiger partial charge in [-0.2, -0.15) is 0 Å². The fourth-order valence-corrected chi connectivity index (χ4v) is 3.62. The number of nitrogens with two attached hydrogens (primary N) is 1. The topological polar surface area (TPSA) is 60.2 Å². The number of nitrogens with one attached hydrogen (secondary N) is 1. The van der Waals surface area contributed by atoms with Gasteiger partial charge in [-0.25, -0.2) is 4.98 Å². The average molecular weight is 282 g/mol. The van der Waals surface area contributed by atoms with Gasteiger partial charge in [0.15, 0.2) is 0 Å². The third-order valence-electron chi connectivity index (χ3n) is 4.26. The Morgan fingerprint density at radius 3 is 3.05 bits per heavy atom. The summed E-state index contributed by atoms with van der Waals surface area (Å²) in [4.78, 5) is 4.18. The lowest BCUT2D eigenvalue weighted by molar-refractivity contribution is 0.0858. The maximum absolute atomic E-state index is 6.07. The minimum Gasteiger partial charge on any atom is -0.383 e. The lowest BCUT2D eigenvalue weighted by Gasteiger charge is -2.30. The van der Waals surface area contributed by atoms with Crippen molar-refractivity contribution in [2.45, 2.75) is 44.4 Å².